The van der Waals surface area contributed by atoms with Gasteiger partial charge < -0.3 is 10.6 Å². The minimum atomic E-state index is 0.0208. The van der Waals surface area contributed by atoms with Gasteiger partial charge in [-0.1, -0.05) is 22.0 Å². The van der Waals surface area contributed by atoms with E-state index in [0.717, 1.165) is 35.1 Å². The quantitative estimate of drug-likeness (QED) is 0.869. The third-order valence-electron chi connectivity index (χ3n) is 2.84. The van der Waals surface area contributed by atoms with E-state index in [4.69, 9.17) is 0 Å². The number of aryl methyl sites for hydroxylation is 1. The van der Waals surface area contributed by atoms with Crippen molar-refractivity contribution in [3.8, 4) is 0 Å². The molecule has 1 fully saturated rings. The lowest BCUT2D eigenvalue weighted by molar-refractivity contribution is 0.0939. The van der Waals surface area contributed by atoms with E-state index in [-0.39, 0.29) is 11.9 Å². The molecule has 0 aromatic heterocycles. The van der Waals surface area contributed by atoms with Crippen LogP contribution < -0.4 is 10.6 Å². The van der Waals surface area contributed by atoms with Gasteiger partial charge in [0.1, 0.15) is 0 Å². The zero-order valence-corrected chi connectivity index (χ0v) is 10.8. The molecule has 86 valence electrons. The number of benzene rings is 1. The first-order valence-electron chi connectivity index (χ1n) is 5.44. The molecule has 4 heteroatoms. The Bertz CT molecular complexity index is 400. The molecule has 1 aromatic rings. The molecule has 1 saturated heterocycles. The van der Waals surface area contributed by atoms with Gasteiger partial charge >= 0.3 is 0 Å². The monoisotopic (exact) mass is 282 g/mol. The minimum Gasteiger partial charge on any atom is -0.348 e. The van der Waals surface area contributed by atoms with Gasteiger partial charge in [-0.05, 0) is 37.6 Å². The fourth-order valence-corrected chi connectivity index (χ4v) is 2.24. The summed E-state index contributed by atoms with van der Waals surface area (Å²) in [5.74, 6) is 0.0208. The standard InChI is InChI=1S/C12H15BrN2O/c1-8-2-3-9(13)6-11(8)12(16)15-10-4-5-14-7-10/h2-3,6,10,14H,4-5,7H2,1H3,(H,15,16). The molecule has 16 heavy (non-hydrogen) atoms. The molecule has 0 aliphatic carbocycles. The van der Waals surface area contributed by atoms with Gasteiger partial charge in [-0.15, -0.1) is 0 Å². The van der Waals surface area contributed by atoms with Crippen LogP contribution in [-0.2, 0) is 0 Å². The average Bonchev–Trinajstić information content (AvgIpc) is 2.74. The lowest BCUT2D eigenvalue weighted by atomic mass is 10.1. The lowest BCUT2D eigenvalue weighted by Gasteiger charge is -2.12. The van der Waals surface area contributed by atoms with Crippen LogP contribution in [0.2, 0.25) is 0 Å². The molecular formula is C12H15BrN2O. The number of rotatable bonds is 2. The summed E-state index contributed by atoms with van der Waals surface area (Å²) < 4.78 is 0.938. The number of amides is 1. The van der Waals surface area contributed by atoms with Crippen molar-refractivity contribution in [2.75, 3.05) is 13.1 Å². The normalized spacial score (nSPS) is 19.8. The Balaban J connectivity index is 2.10. The van der Waals surface area contributed by atoms with Crippen LogP contribution in [0.3, 0.4) is 0 Å². The Kier molecular flexibility index (Phi) is 3.61. The molecular weight excluding hydrogens is 268 g/mol. The van der Waals surface area contributed by atoms with Crippen molar-refractivity contribution < 1.29 is 4.79 Å². The Morgan fingerprint density at radius 2 is 2.38 bits per heavy atom. The van der Waals surface area contributed by atoms with E-state index in [0.29, 0.717) is 0 Å². The van der Waals surface area contributed by atoms with Crippen molar-refractivity contribution in [2.45, 2.75) is 19.4 Å². The van der Waals surface area contributed by atoms with Crippen LogP contribution in [0.4, 0.5) is 0 Å². The second-order valence-electron chi connectivity index (χ2n) is 4.12. The van der Waals surface area contributed by atoms with Gasteiger partial charge in [0, 0.05) is 22.6 Å². The molecule has 1 aromatic carbocycles. The molecule has 1 atom stereocenters. The van der Waals surface area contributed by atoms with Gasteiger partial charge in [0.25, 0.3) is 5.91 Å². The summed E-state index contributed by atoms with van der Waals surface area (Å²) in [5.41, 5.74) is 1.76. The van der Waals surface area contributed by atoms with Crippen LogP contribution in [0.5, 0.6) is 0 Å². The van der Waals surface area contributed by atoms with E-state index in [1.54, 1.807) is 0 Å². The van der Waals surface area contributed by atoms with E-state index >= 15 is 0 Å². The van der Waals surface area contributed by atoms with Gasteiger partial charge in [-0.3, -0.25) is 4.79 Å². The maximum absolute atomic E-state index is 12.0. The van der Waals surface area contributed by atoms with Crippen molar-refractivity contribution in [3.63, 3.8) is 0 Å². The van der Waals surface area contributed by atoms with E-state index in [9.17, 15) is 4.79 Å². The molecule has 0 bridgehead atoms. The summed E-state index contributed by atoms with van der Waals surface area (Å²) in [6.45, 7) is 3.81. The van der Waals surface area contributed by atoms with Gasteiger partial charge in [-0.25, -0.2) is 0 Å². The molecule has 1 aliphatic rings. The van der Waals surface area contributed by atoms with Crippen LogP contribution in [0.15, 0.2) is 22.7 Å². The largest absolute Gasteiger partial charge is 0.348 e. The van der Waals surface area contributed by atoms with Crippen LogP contribution in [0, 0.1) is 6.92 Å². The van der Waals surface area contributed by atoms with Crippen LogP contribution in [-0.4, -0.2) is 25.0 Å². The average molecular weight is 283 g/mol. The molecule has 1 unspecified atom stereocenters. The third kappa shape index (κ3) is 2.62. The summed E-state index contributed by atoms with van der Waals surface area (Å²) in [6.07, 6.45) is 1.01. The zero-order chi connectivity index (χ0) is 11.5. The predicted octanol–water partition coefficient (Wildman–Crippen LogP) is 1.85. The van der Waals surface area contributed by atoms with Gasteiger partial charge in [-0.2, -0.15) is 0 Å². The number of carbonyl (C=O) groups excluding carboxylic acids is 1. The number of nitrogens with one attached hydrogen (secondary N) is 2. The van der Waals surface area contributed by atoms with Crippen molar-refractivity contribution in [1.29, 1.82) is 0 Å². The first-order valence-corrected chi connectivity index (χ1v) is 6.24. The molecule has 2 N–H and O–H groups in total. The highest BCUT2D eigenvalue weighted by Gasteiger charge is 2.18. The van der Waals surface area contributed by atoms with Gasteiger partial charge in [0.2, 0.25) is 0 Å². The molecule has 3 nitrogen and oxygen atoms in total. The second kappa shape index (κ2) is 4.97. The SMILES string of the molecule is Cc1ccc(Br)cc1C(=O)NC1CCNC1. The number of carbonyl (C=O) groups is 1. The maximum atomic E-state index is 12.0. The Hall–Kier alpha value is -0.870. The molecule has 1 aliphatic heterocycles. The highest BCUT2D eigenvalue weighted by atomic mass is 79.9. The van der Waals surface area contributed by atoms with E-state index < -0.39 is 0 Å². The Labute approximate surface area is 104 Å². The van der Waals surface area contributed by atoms with E-state index in [1.165, 1.54) is 0 Å². The van der Waals surface area contributed by atoms with Crippen molar-refractivity contribution in [2.24, 2.45) is 0 Å². The van der Waals surface area contributed by atoms with Gasteiger partial charge in [0.15, 0.2) is 0 Å². The molecule has 0 saturated carbocycles. The topological polar surface area (TPSA) is 41.1 Å². The Morgan fingerprint density at radius 1 is 1.56 bits per heavy atom. The van der Waals surface area contributed by atoms with E-state index in [2.05, 4.69) is 26.6 Å². The van der Waals surface area contributed by atoms with Crippen molar-refractivity contribution in [3.05, 3.63) is 33.8 Å². The predicted molar refractivity (Wildman–Crippen MR) is 67.6 cm³/mol. The second-order valence-corrected chi connectivity index (χ2v) is 5.04. The summed E-state index contributed by atoms with van der Waals surface area (Å²) in [6, 6.07) is 6.04. The first kappa shape index (κ1) is 11.6. The smallest absolute Gasteiger partial charge is 0.251 e. The number of halogens is 1. The summed E-state index contributed by atoms with van der Waals surface area (Å²) in [4.78, 5) is 12.0. The van der Waals surface area contributed by atoms with Crippen molar-refractivity contribution in [1.82, 2.24) is 10.6 Å². The third-order valence-corrected chi connectivity index (χ3v) is 3.33. The fraction of sp³-hybridized carbons (Fsp3) is 0.417. The van der Waals surface area contributed by atoms with Gasteiger partial charge in [0.05, 0.1) is 0 Å². The van der Waals surface area contributed by atoms with E-state index in [1.807, 2.05) is 25.1 Å². The maximum Gasteiger partial charge on any atom is 0.251 e. The van der Waals surface area contributed by atoms with Crippen molar-refractivity contribution >= 4 is 21.8 Å². The summed E-state index contributed by atoms with van der Waals surface area (Å²) >= 11 is 3.38. The highest BCUT2D eigenvalue weighted by Crippen LogP contribution is 2.16. The molecule has 0 spiro atoms. The molecule has 0 radical (unpaired) electrons. The number of hydrogen-bond donors (Lipinski definition) is 2. The van der Waals surface area contributed by atoms with Crippen LogP contribution in [0.25, 0.3) is 0 Å². The summed E-state index contributed by atoms with van der Waals surface area (Å²) in [5, 5.41) is 6.27. The highest BCUT2D eigenvalue weighted by molar-refractivity contribution is 9.10. The molecule has 2 rings (SSSR count). The molecule has 1 amide bonds. The first-order chi connectivity index (χ1) is 7.66. The lowest BCUT2D eigenvalue weighted by Crippen LogP contribution is -2.36. The fourth-order valence-electron chi connectivity index (χ4n) is 1.88. The van der Waals surface area contributed by atoms with Crippen LogP contribution >= 0.6 is 15.9 Å². The zero-order valence-electron chi connectivity index (χ0n) is 9.22. The number of hydrogen-bond acceptors (Lipinski definition) is 2. The minimum absolute atomic E-state index is 0.0208. The summed E-state index contributed by atoms with van der Waals surface area (Å²) in [7, 11) is 0. The van der Waals surface area contributed by atoms with Crippen LogP contribution in [0.1, 0.15) is 22.3 Å². The Morgan fingerprint density at radius 3 is 3.06 bits per heavy atom. The molecule has 1 heterocycles.